The Morgan fingerprint density at radius 1 is 1.09 bits per heavy atom. The zero-order valence-electron chi connectivity index (χ0n) is 18.3. The first-order valence-electron chi connectivity index (χ1n) is 11.4. The lowest BCUT2D eigenvalue weighted by Gasteiger charge is -2.44. The van der Waals surface area contributed by atoms with Gasteiger partial charge in [0.25, 0.3) is 0 Å². The van der Waals surface area contributed by atoms with E-state index < -0.39 is 23.6 Å². The van der Waals surface area contributed by atoms with Gasteiger partial charge >= 0.3 is 5.97 Å². The van der Waals surface area contributed by atoms with Gasteiger partial charge in [-0.25, -0.2) is 8.78 Å². The molecule has 1 saturated heterocycles. The summed E-state index contributed by atoms with van der Waals surface area (Å²) in [5.41, 5.74) is 4.43. The number of carbonyl (C=O) groups is 1. The lowest BCUT2D eigenvalue weighted by Crippen LogP contribution is -2.48. The standard InChI is InChI=1S/C25H30F2N2O2.H2S/c26-21-12-10-19(13-22(21)27)24(14-25(30)31)29-15-17(16-29)5-1-3-7-20-11-9-18-6-2-4-8-23(18)28-20;/h9-13,17,24H,1-8,14-16H2,(H,30,31);1H2/t24-;/m0./s1. The van der Waals surface area contributed by atoms with E-state index in [0.29, 0.717) is 11.5 Å². The number of rotatable bonds is 9. The van der Waals surface area contributed by atoms with Gasteiger partial charge in [-0.05, 0) is 80.2 Å². The van der Waals surface area contributed by atoms with Crippen LogP contribution >= 0.6 is 13.5 Å². The Kier molecular flexibility index (Phi) is 8.65. The lowest BCUT2D eigenvalue weighted by atomic mass is 9.89. The maximum Gasteiger partial charge on any atom is 0.305 e. The smallest absolute Gasteiger partial charge is 0.305 e. The normalized spacial score (nSPS) is 17.2. The number of hydrogen-bond acceptors (Lipinski definition) is 3. The van der Waals surface area contributed by atoms with E-state index in [4.69, 9.17) is 4.98 Å². The predicted molar refractivity (Wildman–Crippen MR) is 125 cm³/mol. The first-order valence-corrected chi connectivity index (χ1v) is 11.4. The highest BCUT2D eigenvalue weighted by atomic mass is 32.1. The number of likely N-dealkylation sites (tertiary alicyclic amines) is 1. The molecule has 2 heterocycles. The quantitative estimate of drug-likeness (QED) is 0.520. The van der Waals surface area contributed by atoms with Gasteiger partial charge in [0.2, 0.25) is 0 Å². The number of carboxylic acid groups (broad SMARTS) is 1. The first kappa shape index (κ1) is 24.6. The summed E-state index contributed by atoms with van der Waals surface area (Å²) in [6, 6.07) is 7.71. The summed E-state index contributed by atoms with van der Waals surface area (Å²) in [4.78, 5) is 18.2. The number of carboxylic acids is 1. The Hall–Kier alpha value is -1.99. The van der Waals surface area contributed by atoms with Gasteiger partial charge in [-0.15, -0.1) is 0 Å². The van der Waals surface area contributed by atoms with Crippen molar-refractivity contribution < 1.29 is 18.7 Å². The van der Waals surface area contributed by atoms with Crippen LogP contribution in [0.25, 0.3) is 0 Å². The summed E-state index contributed by atoms with van der Waals surface area (Å²) in [7, 11) is 0. The number of aryl methyl sites for hydroxylation is 3. The van der Waals surface area contributed by atoms with Crippen molar-refractivity contribution in [1.82, 2.24) is 9.88 Å². The van der Waals surface area contributed by atoms with E-state index in [9.17, 15) is 18.7 Å². The number of aliphatic carboxylic acids is 1. The Labute approximate surface area is 195 Å². The SMILES string of the molecule is O=C(O)C[C@@H](c1ccc(F)c(F)c1)N1CC(CCCCc2ccc3c(n2)CCCC3)C1.S. The van der Waals surface area contributed by atoms with E-state index in [1.54, 1.807) is 0 Å². The highest BCUT2D eigenvalue weighted by molar-refractivity contribution is 7.59. The third-order valence-electron chi connectivity index (χ3n) is 6.65. The average Bonchev–Trinajstić information content (AvgIpc) is 2.73. The van der Waals surface area contributed by atoms with Crippen molar-refractivity contribution >= 4 is 19.5 Å². The van der Waals surface area contributed by atoms with Crippen LogP contribution in [0, 0.1) is 17.6 Å². The molecule has 0 unspecified atom stereocenters. The fraction of sp³-hybridized carbons (Fsp3) is 0.520. The number of hydrogen-bond donors (Lipinski definition) is 1. The summed E-state index contributed by atoms with van der Waals surface area (Å²) in [6.07, 6.45) is 8.99. The van der Waals surface area contributed by atoms with Crippen molar-refractivity contribution in [2.75, 3.05) is 13.1 Å². The van der Waals surface area contributed by atoms with Crippen LogP contribution in [0.1, 0.15) is 67.1 Å². The number of pyridine rings is 1. The van der Waals surface area contributed by atoms with Crippen LogP contribution in [0.15, 0.2) is 30.3 Å². The van der Waals surface area contributed by atoms with Crippen LogP contribution in [0.5, 0.6) is 0 Å². The molecule has 32 heavy (non-hydrogen) atoms. The van der Waals surface area contributed by atoms with Crippen LogP contribution in [-0.4, -0.2) is 34.0 Å². The fourth-order valence-electron chi connectivity index (χ4n) is 4.90. The van der Waals surface area contributed by atoms with E-state index >= 15 is 0 Å². The molecule has 1 aromatic carbocycles. The van der Waals surface area contributed by atoms with Gasteiger partial charge < -0.3 is 5.11 Å². The Bertz CT molecular complexity index is 934. The zero-order chi connectivity index (χ0) is 21.8. The highest BCUT2D eigenvalue weighted by Gasteiger charge is 2.34. The summed E-state index contributed by atoms with van der Waals surface area (Å²) in [5, 5.41) is 9.26. The molecule has 0 amide bonds. The van der Waals surface area contributed by atoms with Crippen molar-refractivity contribution in [2.24, 2.45) is 5.92 Å². The summed E-state index contributed by atoms with van der Waals surface area (Å²) < 4.78 is 26.9. The molecule has 1 aliphatic carbocycles. The molecule has 2 aliphatic rings. The third-order valence-corrected chi connectivity index (χ3v) is 6.65. The largest absolute Gasteiger partial charge is 0.481 e. The zero-order valence-corrected chi connectivity index (χ0v) is 19.3. The molecule has 7 heteroatoms. The molecule has 0 bridgehead atoms. The molecule has 4 rings (SSSR count). The van der Waals surface area contributed by atoms with Crippen molar-refractivity contribution in [3.8, 4) is 0 Å². The molecule has 1 aliphatic heterocycles. The van der Waals surface area contributed by atoms with Crippen molar-refractivity contribution in [3.05, 3.63) is 64.5 Å². The molecule has 0 radical (unpaired) electrons. The van der Waals surface area contributed by atoms with E-state index in [2.05, 4.69) is 17.0 Å². The highest BCUT2D eigenvalue weighted by Crippen LogP contribution is 2.34. The second-order valence-electron chi connectivity index (χ2n) is 8.97. The number of benzene rings is 1. The molecule has 4 nitrogen and oxygen atoms in total. The third kappa shape index (κ3) is 6.07. The van der Waals surface area contributed by atoms with Crippen LogP contribution in [0.4, 0.5) is 8.78 Å². The summed E-state index contributed by atoms with van der Waals surface area (Å²) in [6.45, 7) is 1.60. The molecule has 174 valence electrons. The van der Waals surface area contributed by atoms with Crippen LogP contribution in [0.3, 0.4) is 0 Å². The summed E-state index contributed by atoms with van der Waals surface area (Å²) in [5.74, 6) is -2.25. The van der Waals surface area contributed by atoms with Gasteiger partial charge in [-0.3, -0.25) is 14.7 Å². The number of fused-ring (bicyclic) bond motifs is 1. The van der Waals surface area contributed by atoms with Gasteiger partial charge in [0.1, 0.15) is 0 Å². The van der Waals surface area contributed by atoms with E-state index in [1.807, 2.05) is 0 Å². The van der Waals surface area contributed by atoms with Gasteiger partial charge in [-0.2, -0.15) is 13.5 Å². The molecule has 1 aromatic heterocycles. The Morgan fingerprint density at radius 2 is 1.88 bits per heavy atom. The molecule has 2 aromatic rings. The van der Waals surface area contributed by atoms with Crippen LogP contribution < -0.4 is 0 Å². The van der Waals surface area contributed by atoms with Crippen molar-refractivity contribution in [2.45, 2.75) is 63.8 Å². The van der Waals surface area contributed by atoms with Gasteiger partial charge in [0.15, 0.2) is 11.6 Å². The molecule has 1 atom stereocenters. The lowest BCUT2D eigenvalue weighted by molar-refractivity contribution is -0.139. The molecule has 1 fully saturated rings. The van der Waals surface area contributed by atoms with Gasteiger partial charge in [-0.1, -0.05) is 18.6 Å². The molecule has 0 saturated carbocycles. The van der Waals surface area contributed by atoms with E-state index in [1.165, 1.54) is 35.9 Å². The molecule has 1 N–H and O–H groups in total. The summed E-state index contributed by atoms with van der Waals surface area (Å²) >= 11 is 0. The van der Waals surface area contributed by atoms with Crippen LogP contribution in [0.2, 0.25) is 0 Å². The predicted octanol–water partition coefficient (Wildman–Crippen LogP) is 5.21. The second-order valence-corrected chi connectivity index (χ2v) is 8.97. The van der Waals surface area contributed by atoms with Crippen molar-refractivity contribution in [3.63, 3.8) is 0 Å². The number of aromatic nitrogens is 1. The number of nitrogens with zero attached hydrogens (tertiary/aromatic N) is 2. The molecule has 0 spiro atoms. The van der Waals surface area contributed by atoms with Crippen LogP contribution in [-0.2, 0) is 24.1 Å². The minimum absolute atomic E-state index is 0. The maximum atomic E-state index is 13.6. The monoisotopic (exact) mass is 462 g/mol. The number of halogens is 2. The fourth-order valence-corrected chi connectivity index (χ4v) is 4.90. The Balaban J connectivity index is 0.00000289. The Morgan fingerprint density at radius 3 is 2.62 bits per heavy atom. The average molecular weight is 463 g/mol. The van der Waals surface area contributed by atoms with Gasteiger partial charge in [0.05, 0.1) is 6.42 Å². The van der Waals surface area contributed by atoms with E-state index in [0.717, 1.165) is 63.7 Å². The number of unbranched alkanes of at least 4 members (excludes halogenated alkanes) is 1. The maximum absolute atomic E-state index is 13.6. The second kappa shape index (κ2) is 11.2. The van der Waals surface area contributed by atoms with Crippen molar-refractivity contribution in [1.29, 1.82) is 0 Å². The molecular weight excluding hydrogens is 430 g/mol. The molecular formula is C25H32F2N2O2S. The minimum atomic E-state index is -0.935. The minimum Gasteiger partial charge on any atom is -0.481 e. The van der Waals surface area contributed by atoms with E-state index in [-0.39, 0.29) is 19.9 Å². The topological polar surface area (TPSA) is 53.4 Å². The first-order chi connectivity index (χ1) is 15.0. The van der Waals surface area contributed by atoms with Gasteiger partial charge in [0, 0.05) is 30.5 Å².